The number of halogens is 2. The highest BCUT2D eigenvalue weighted by atomic mass is 79.9. The first-order valence-corrected chi connectivity index (χ1v) is 7.11. The lowest BCUT2D eigenvalue weighted by Crippen LogP contribution is -2.16. The van der Waals surface area contributed by atoms with E-state index in [0.29, 0.717) is 22.5 Å². The Labute approximate surface area is 115 Å². The SMILES string of the molecule is Cc1cc(Br)c(F)cc1NC(=O)CC1CCCC1. The second-order valence-electron chi connectivity index (χ2n) is 4.98. The maximum Gasteiger partial charge on any atom is 0.224 e. The second kappa shape index (κ2) is 5.83. The molecule has 2 rings (SSSR count). The highest BCUT2D eigenvalue weighted by Gasteiger charge is 2.19. The van der Waals surface area contributed by atoms with Crippen LogP contribution >= 0.6 is 15.9 Å². The molecule has 0 spiro atoms. The Morgan fingerprint density at radius 1 is 1.44 bits per heavy atom. The number of aryl methyl sites for hydroxylation is 1. The molecule has 0 saturated heterocycles. The summed E-state index contributed by atoms with van der Waals surface area (Å²) in [5.41, 5.74) is 1.43. The Morgan fingerprint density at radius 3 is 2.78 bits per heavy atom. The number of carbonyl (C=O) groups is 1. The summed E-state index contributed by atoms with van der Waals surface area (Å²) < 4.78 is 13.8. The average Bonchev–Trinajstić information content (AvgIpc) is 2.78. The van der Waals surface area contributed by atoms with E-state index in [-0.39, 0.29) is 11.7 Å². The lowest BCUT2D eigenvalue weighted by molar-refractivity contribution is -0.117. The number of hydrogen-bond acceptors (Lipinski definition) is 1. The van der Waals surface area contributed by atoms with Gasteiger partial charge in [-0.25, -0.2) is 4.39 Å². The van der Waals surface area contributed by atoms with Gasteiger partial charge in [0.05, 0.1) is 4.47 Å². The molecule has 1 aliphatic carbocycles. The Hall–Kier alpha value is -0.900. The van der Waals surface area contributed by atoms with Crippen LogP contribution in [0, 0.1) is 18.7 Å². The fourth-order valence-corrected chi connectivity index (χ4v) is 2.92. The Balaban J connectivity index is 2.00. The van der Waals surface area contributed by atoms with Crippen molar-refractivity contribution < 1.29 is 9.18 Å². The van der Waals surface area contributed by atoms with Crippen molar-refractivity contribution in [2.75, 3.05) is 5.32 Å². The molecule has 0 atom stereocenters. The van der Waals surface area contributed by atoms with Crippen molar-refractivity contribution in [3.63, 3.8) is 0 Å². The molecule has 1 N–H and O–H groups in total. The molecule has 1 amide bonds. The van der Waals surface area contributed by atoms with E-state index in [2.05, 4.69) is 21.2 Å². The van der Waals surface area contributed by atoms with Crippen molar-refractivity contribution >= 4 is 27.5 Å². The van der Waals surface area contributed by atoms with Crippen molar-refractivity contribution in [3.05, 3.63) is 28.0 Å². The molecule has 1 saturated carbocycles. The molecule has 0 aliphatic heterocycles. The molecule has 0 heterocycles. The molecule has 1 aliphatic rings. The summed E-state index contributed by atoms with van der Waals surface area (Å²) >= 11 is 3.13. The molecule has 1 fully saturated rings. The third-order valence-corrected chi connectivity index (χ3v) is 4.10. The van der Waals surface area contributed by atoms with Crippen molar-refractivity contribution in [1.82, 2.24) is 0 Å². The Kier molecular flexibility index (Phi) is 4.38. The predicted molar refractivity (Wildman–Crippen MR) is 74.0 cm³/mol. The van der Waals surface area contributed by atoms with Crippen molar-refractivity contribution in [3.8, 4) is 0 Å². The van der Waals surface area contributed by atoms with Gasteiger partial charge in [0, 0.05) is 12.1 Å². The summed E-state index contributed by atoms with van der Waals surface area (Å²) in [5.74, 6) is 0.147. The lowest BCUT2D eigenvalue weighted by atomic mass is 10.0. The minimum atomic E-state index is -0.350. The third-order valence-electron chi connectivity index (χ3n) is 3.49. The molecule has 0 radical (unpaired) electrons. The van der Waals surface area contributed by atoms with Crippen molar-refractivity contribution in [1.29, 1.82) is 0 Å². The van der Waals surface area contributed by atoms with Crippen molar-refractivity contribution in [2.24, 2.45) is 5.92 Å². The molecule has 98 valence electrons. The fraction of sp³-hybridized carbons (Fsp3) is 0.500. The molecule has 1 aromatic rings. The van der Waals surface area contributed by atoms with Gasteiger partial charge in [-0.1, -0.05) is 12.8 Å². The molecule has 0 unspecified atom stereocenters. The fourth-order valence-electron chi connectivity index (χ4n) is 2.46. The topological polar surface area (TPSA) is 29.1 Å². The first-order chi connectivity index (χ1) is 8.56. The van der Waals surface area contributed by atoms with E-state index in [0.717, 1.165) is 18.4 Å². The van der Waals surface area contributed by atoms with Crippen LogP contribution < -0.4 is 5.32 Å². The zero-order valence-electron chi connectivity index (χ0n) is 10.4. The number of rotatable bonds is 3. The van der Waals surface area contributed by atoms with Gasteiger partial charge in [-0.05, 0) is 59.3 Å². The number of hydrogen-bond donors (Lipinski definition) is 1. The van der Waals surface area contributed by atoms with Crippen LogP contribution in [0.2, 0.25) is 0 Å². The average molecular weight is 314 g/mol. The van der Waals surface area contributed by atoms with Crippen LogP contribution in [0.3, 0.4) is 0 Å². The van der Waals surface area contributed by atoms with Gasteiger partial charge in [-0.3, -0.25) is 4.79 Å². The van der Waals surface area contributed by atoms with Gasteiger partial charge >= 0.3 is 0 Å². The monoisotopic (exact) mass is 313 g/mol. The second-order valence-corrected chi connectivity index (χ2v) is 5.84. The summed E-state index contributed by atoms with van der Waals surface area (Å²) in [6.07, 6.45) is 5.28. The number of nitrogens with one attached hydrogen (secondary N) is 1. The summed E-state index contributed by atoms with van der Waals surface area (Å²) in [4.78, 5) is 11.9. The highest BCUT2D eigenvalue weighted by molar-refractivity contribution is 9.10. The van der Waals surface area contributed by atoms with E-state index < -0.39 is 0 Å². The minimum Gasteiger partial charge on any atom is -0.326 e. The highest BCUT2D eigenvalue weighted by Crippen LogP contribution is 2.28. The molecule has 4 heteroatoms. The maximum absolute atomic E-state index is 13.4. The van der Waals surface area contributed by atoms with E-state index in [1.54, 1.807) is 6.07 Å². The molecule has 0 bridgehead atoms. The van der Waals surface area contributed by atoms with Gasteiger partial charge in [-0.15, -0.1) is 0 Å². The molecule has 1 aromatic carbocycles. The molecular formula is C14H17BrFNO. The zero-order valence-corrected chi connectivity index (χ0v) is 12.0. The number of amides is 1. The van der Waals surface area contributed by atoms with E-state index >= 15 is 0 Å². The van der Waals surface area contributed by atoms with Crippen LogP contribution in [0.1, 0.15) is 37.7 Å². The van der Waals surface area contributed by atoms with Crippen LogP contribution in [-0.2, 0) is 4.79 Å². The standard InChI is InChI=1S/C14H17BrFNO/c1-9-6-11(15)12(16)8-13(9)17-14(18)7-10-4-2-3-5-10/h6,8,10H,2-5,7H2,1H3,(H,17,18). The number of carbonyl (C=O) groups excluding carboxylic acids is 1. The Bertz CT molecular complexity index is 455. The van der Waals surface area contributed by atoms with Crippen LogP contribution in [0.4, 0.5) is 10.1 Å². The molecule has 18 heavy (non-hydrogen) atoms. The quantitative estimate of drug-likeness (QED) is 0.879. The van der Waals surface area contributed by atoms with Crippen LogP contribution in [-0.4, -0.2) is 5.91 Å². The van der Waals surface area contributed by atoms with Gasteiger partial charge in [-0.2, -0.15) is 0 Å². The molecular weight excluding hydrogens is 297 g/mol. The van der Waals surface area contributed by atoms with Gasteiger partial charge in [0.2, 0.25) is 5.91 Å². The summed E-state index contributed by atoms with van der Waals surface area (Å²) in [6, 6.07) is 3.05. The number of anilines is 1. The lowest BCUT2D eigenvalue weighted by Gasteiger charge is -2.12. The largest absolute Gasteiger partial charge is 0.326 e. The van der Waals surface area contributed by atoms with E-state index in [4.69, 9.17) is 0 Å². The summed E-state index contributed by atoms with van der Waals surface area (Å²) in [5, 5.41) is 2.81. The van der Waals surface area contributed by atoms with E-state index in [1.165, 1.54) is 18.9 Å². The Morgan fingerprint density at radius 2 is 2.11 bits per heavy atom. The molecule has 2 nitrogen and oxygen atoms in total. The first-order valence-electron chi connectivity index (χ1n) is 6.32. The van der Waals surface area contributed by atoms with E-state index in [9.17, 15) is 9.18 Å². The van der Waals surface area contributed by atoms with Gasteiger partial charge < -0.3 is 5.32 Å². The maximum atomic E-state index is 13.4. The van der Waals surface area contributed by atoms with Gasteiger partial charge in [0.15, 0.2) is 0 Å². The zero-order chi connectivity index (χ0) is 13.1. The smallest absolute Gasteiger partial charge is 0.224 e. The summed E-state index contributed by atoms with van der Waals surface area (Å²) in [7, 11) is 0. The third kappa shape index (κ3) is 3.31. The number of benzene rings is 1. The van der Waals surface area contributed by atoms with Gasteiger partial charge in [0.1, 0.15) is 5.82 Å². The van der Waals surface area contributed by atoms with Crippen LogP contribution in [0.25, 0.3) is 0 Å². The van der Waals surface area contributed by atoms with Crippen LogP contribution in [0.15, 0.2) is 16.6 Å². The minimum absolute atomic E-state index is 0.00766. The summed E-state index contributed by atoms with van der Waals surface area (Å²) in [6.45, 7) is 1.86. The van der Waals surface area contributed by atoms with E-state index in [1.807, 2.05) is 6.92 Å². The molecule has 0 aromatic heterocycles. The van der Waals surface area contributed by atoms with Gasteiger partial charge in [0.25, 0.3) is 0 Å². The normalized spacial score (nSPS) is 15.9. The van der Waals surface area contributed by atoms with Crippen LogP contribution in [0.5, 0.6) is 0 Å². The first kappa shape index (κ1) is 13.5. The van der Waals surface area contributed by atoms with Crippen molar-refractivity contribution in [2.45, 2.75) is 39.0 Å². The predicted octanol–water partition coefficient (Wildman–Crippen LogP) is 4.42.